The van der Waals surface area contributed by atoms with Crippen LogP contribution >= 0.6 is 11.6 Å². The maximum absolute atomic E-state index is 12.3. The van der Waals surface area contributed by atoms with Crippen molar-refractivity contribution in [2.75, 3.05) is 6.54 Å². The minimum atomic E-state index is -0.222. The van der Waals surface area contributed by atoms with Crippen LogP contribution in [0.5, 0.6) is 0 Å². The number of halogens is 1. The molecule has 1 heterocycles. The van der Waals surface area contributed by atoms with Crippen LogP contribution in [-0.2, 0) is 17.8 Å². The van der Waals surface area contributed by atoms with Crippen LogP contribution in [0.25, 0.3) is 11.0 Å². The van der Waals surface area contributed by atoms with E-state index in [-0.39, 0.29) is 18.4 Å². The van der Waals surface area contributed by atoms with Gasteiger partial charge in [-0.3, -0.25) is 9.59 Å². The van der Waals surface area contributed by atoms with Crippen molar-refractivity contribution in [2.45, 2.75) is 31.8 Å². The molecule has 1 aliphatic rings. The predicted octanol–water partition coefficient (Wildman–Crippen LogP) is 2.94. The van der Waals surface area contributed by atoms with Crippen molar-refractivity contribution in [2.24, 2.45) is 0 Å². The van der Waals surface area contributed by atoms with Gasteiger partial charge in [-0.25, -0.2) is 4.98 Å². The van der Waals surface area contributed by atoms with Gasteiger partial charge in [-0.15, -0.1) is 0 Å². The lowest BCUT2D eigenvalue weighted by atomic mass is 10.2. The van der Waals surface area contributed by atoms with Gasteiger partial charge in [0, 0.05) is 19.0 Å². The molecule has 7 heteroatoms. The Morgan fingerprint density at radius 2 is 1.86 bits per heavy atom. The maximum Gasteiger partial charge on any atom is 0.252 e. The summed E-state index contributed by atoms with van der Waals surface area (Å²) in [6, 6.07) is 15.0. The number of rotatable bonds is 7. The molecule has 1 fully saturated rings. The predicted molar refractivity (Wildman–Crippen MR) is 108 cm³/mol. The molecule has 1 aromatic heterocycles. The second-order valence-electron chi connectivity index (χ2n) is 6.93. The molecule has 2 N–H and O–H groups in total. The lowest BCUT2D eigenvalue weighted by Gasteiger charge is -2.10. The van der Waals surface area contributed by atoms with Crippen molar-refractivity contribution in [3.63, 3.8) is 0 Å². The second-order valence-corrected chi connectivity index (χ2v) is 7.34. The number of imidazole rings is 1. The van der Waals surface area contributed by atoms with Crippen LogP contribution in [0, 0.1) is 0 Å². The fourth-order valence-corrected chi connectivity index (χ4v) is 3.39. The quantitative estimate of drug-likeness (QED) is 0.644. The second kappa shape index (κ2) is 8.02. The van der Waals surface area contributed by atoms with Gasteiger partial charge in [0.2, 0.25) is 5.91 Å². The Bertz CT molecular complexity index is 1030. The van der Waals surface area contributed by atoms with E-state index in [9.17, 15) is 9.59 Å². The van der Waals surface area contributed by atoms with Crippen LogP contribution in [0.3, 0.4) is 0 Å². The third-order valence-electron chi connectivity index (χ3n) is 4.73. The highest BCUT2D eigenvalue weighted by Gasteiger charge is 2.24. The van der Waals surface area contributed by atoms with Gasteiger partial charge in [0.05, 0.1) is 21.6 Å². The number of hydrogen-bond acceptors (Lipinski definition) is 3. The smallest absolute Gasteiger partial charge is 0.252 e. The molecular weight excluding hydrogens is 376 g/mol. The molecule has 144 valence electrons. The number of carbonyl (C=O) groups excluding carboxylic acids is 2. The highest BCUT2D eigenvalue weighted by molar-refractivity contribution is 6.33. The first-order chi connectivity index (χ1) is 13.6. The molecule has 2 aromatic carbocycles. The van der Waals surface area contributed by atoms with Gasteiger partial charge in [-0.1, -0.05) is 35.9 Å². The lowest BCUT2D eigenvalue weighted by molar-refractivity contribution is -0.121. The minimum Gasteiger partial charge on any atom is -0.352 e. The topological polar surface area (TPSA) is 76.0 Å². The lowest BCUT2D eigenvalue weighted by Crippen LogP contribution is -2.31. The van der Waals surface area contributed by atoms with Gasteiger partial charge in [0.25, 0.3) is 5.91 Å². The van der Waals surface area contributed by atoms with Crippen LogP contribution in [0.2, 0.25) is 5.02 Å². The van der Waals surface area contributed by atoms with Crippen molar-refractivity contribution < 1.29 is 9.59 Å². The molecule has 1 aliphatic carbocycles. The molecule has 0 radical (unpaired) electrons. The molecule has 0 bridgehead atoms. The van der Waals surface area contributed by atoms with Crippen molar-refractivity contribution in [3.05, 3.63) is 64.9 Å². The third kappa shape index (κ3) is 4.17. The van der Waals surface area contributed by atoms with Gasteiger partial charge in [0.15, 0.2) is 0 Å². The fourth-order valence-electron chi connectivity index (χ4n) is 3.17. The zero-order chi connectivity index (χ0) is 19.5. The molecule has 1 saturated carbocycles. The van der Waals surface area contributed by atoms with Crippen LogP contribution in [0.15, 0.2) is 48.5 Å². The Morgan fingerprint density at radius 3 is 2.64 bits per heavy atom. The van der Waals surface area contributed by atoms with Gasteiger partial charge in [0.1, 0.15) is 12.4 Å². The van der Waals surface area contributed by atoms with E-state index in [1.165, 1.54) is 0 Å². The molecule has 0 atom stereocenters. The number of benzene rings is 2. The Hall–Kier alpha value is -2.86. The van der Waals surface area contributed by atoms with Crippen LogP contribution in [0.1, 0.15) is 29.0 Å². The summed E-state index contributed by atoms with van der Waals surface area (Å²) in [6.45, 7) is 0.627. The SMILES string of the molecule is O=C(Cn1c(CCNC(=O)c2ccccc2Cl)nc2ccccc21)NC1CC1. The average Bonchev–Trinajstić information content (AvgIpc) is 3.43. The molecule has 28 heavy (non-hydrogen) atoms. The van der Waals surface area contributed by atoms with Gasteiger partial charge < -0.3 is 15.2 Å². The van der Waals surface area contributed by atoms with E-state index in [1.54, 1.807) is 24.3 Å². The summed E-state index contributed by atoms with van der Waals surface area (Å²) >= 11 is 6.08. The van der Waals surface area contributed by atoms with E-state index in [0.717, 1.165) is 29.7 Å². The van der Waals surface area contributed by atoms with Crippen LogP contribution in [-0.4, -0.2) is 34.0 Å². The minimum absolute atomic E-state index is 0.00740. The number of aromatic nitrogens is 2. The molecule has 2 amide bonds. The normalized spacial score (nSPS) is 13.5. The number of nitrogens with one attached hydrogen (secondary N) is 2. The monoisotopic (exact) mass is 396 g/mol. The number of carbonyl (C=O) groups is 2. The largest absolute Gasteiger partial charge is 0.352 e. The molecule has 0 unspecified atom stereocenters. The molecule has 0 saturated heterocycles. The first kappa shape index (κ1) is 18.5. The summed E-state index contributed by atoms with van der Waals surface area (Å²) < 4.78 is 1.93. The number of hydrogen-bond donors (Lipinski definition) is 2. The Balaban J connectivity index is 1.46. The summed E-state index contributed by atoms with van der Waals surface area (Å²) in [6.07, 6.45) is 2.62. The van der Waals surface area contributed by atoms with E-state index in [0.29, 0.717) is 29.6 Å². The Morgan fingerprint density at radius 1 is 1.11 bits per heavy atom. The van der Waals surface area contributed by atoms with Gasteiger partial charge >= 0.3 is 0 Å². The number of amides is 2. The van der Waals surface area contributed by atoms with E-state index in [2.05, 4.69) is 15.6 Å². The number of nitrogens with zero attached hydrogens (tertiary/aromatic N) is 2. The van der Waals surface area contributed by atoms with Crippen molar-refractivity contribution in [3.8, 4) is 0 Å². The third-order valence-corrected chi connectivity index (χ3v) is 5.06. The van der Waals surface area contributed by atoms with Crippen molar-refractivity contribution in [1.82, 2.24) is 20.2 Å². The average molecular weight is 397 g/mol. The van der Waals surface area contributed by atoms with Crippen LogP contribution in [0.4, 0.5) is 0 Å². The first-order valence-electron chi connectivity index (χ1n) is 9.38. The van der Waals surface area contributed by atoms with Gasteiger partial charge in [-0.05, 0) is 37.1 Å². The summed E-state index contributed by atoms with van der Waals surface area (Å²) in [4.78, 5) is 29.3. The molecule has 0 aliphatic heterocycles. The molecular formula is C21H21ClN4O2. The van der Waals surface area contributed by atoms with E-state index < -0.39 is 0 Å². The summed E-state index contributed by atoms with van der Waals surface area (Å²) in [5.74, 6) is 0.540. The fraction of sp³-hybridized carbons (Fsp3) is 0.286. The summed E-state index contributed by atoms with van der Waals surface area (Å²) in [5.41, 5.74) is 2.21. The maximum atomic E-state index is 12.3. The van der Waals surface area contributed by atoms with E-state index in [4.69, 9.17) is 11.6 Å². The molecule has 3 aromatic rings. The highest BCUT2D eigenvalue weighted by atomic mass is 35.5. The molecule has 0 spiro atoms. The number of para-hydroxylation sites is 2. The zero-order valence-electron chi connectivity index (χ0n) is 15.3. The van der Waals surface area contributed by atoms with Gasteiger partial charge in [-0.2, -0.15) is 0 Å². The Labute approximate surface area is 167 Å². The van der Waals surface area contributed by atoms with E-state index in [1.807, 2.05) is 28.8 Å². The summed E-state index contributed by atoms with van der Waals surface area (Å²) in [7, 11) is 0. The highest BCUT2D eigenvalue weighted by Crippen LogP contribution is 2.20. The van der Waals surface area contributed by atoms with Crippen LogP contribution < -0.4 is 10.6 Å². The number of fused-ring (bicyclic) bond motifs is 1. The Kier molecular flexibility index (Phi) is 5.30. The molecule has 4 rings (SSSR count). The zero-order valence-corrected chi connectivity index (χ0v) is 16.1. The molecule has 6 nitrogen and oxygen atoms in total. The standard InChI is InChI=1S/C21H21ClN4O2/c22-16-6-2-1-5-15(16)21(28)23-12-11-19-25-17-7-3-4-8-18(17)26(19)13-20(27)24-14-9-10-14/h1-8,14H,9-13H2,(H,23,28)(H,24,27). The first-order valence-corrected chi connectivity index (χ1v) is 9.76. The summed E-state index contributed by atoms with van der Waals surface area (Å²) in [5, 5.41) is 6.31. The van der Waals surface area contributed by atoms with Crippen molar-refractivity contribution >= 4 is 34.4 Å². The van der Waals surface area contributed by atoms with E-state index >= 15 is 0 Å². The van der Waals surface area contributed by atoms with Crippen molar-refractivity contribution in [1.29, 1.82) is 0 Å².